The van der Waals surface area contributed by atoms with Crippen molar-refractivity contribution in [2.45, 2.75) is 47.0 Å². The van der Waals surface area contributed by atoms with Crippen molar-refractivity contribution in [2.24, 2.45) is 17.3 Å². The molecule has 13 heavy (non-hydrogen) atoms. The second kappa shape index (κ2) is 5.18. The summed E-state index contributed by atoms with van der Waals surface area (Å²) in [6, 6.07) is 0. The molecule has 0 heterocycles. The van der Waals surface area contributed by atoms with E-state index in [9.17, 15) is 0 Å². The van der Waals surface area contributed by atoms with E-state index in [4.69, 9.17) is 10.2 Å². The molecule has 2 nitrogen and oxygen atoms in total. The third-order valence-electron chi connectivity index (χ3n) is 2.61. The lowest BCUT2D eigenvalue weighted by Crippen LogP contribution is -2.25. The molecule has 0 bridgehead atoms. The SMILES string of the molecule is CC1CC(C)CC(C)(C)C1.N=C=O. The summed E-state index contributed by atoms with van der Waals surface area (Å²) >= 11 is 0. The lowest BCUT2D eigenvalue weighted by molar-refractivity contribution is 0.143. The molecule has 0 aromatic heterocycles. The molecule has 0 saturated heterocycles. The Labute approximate surface area is 81.2 Å². The van der Waals surface area contributed by atoms with Crippen molar-refractivity contribution in [1.29, 1.82) is 5.41 Å². The number of isocyanates is 1. The standard InChI is InChI=1S/C10H20.CHNO/c1-8-5-9(2)7-10(3,4)6-8;2-1-3/h8-9H,5-7H2,1-4H3;2H. The summed E-state index contributed by atoms with van der Waals surface area (Å²) in [4.78, 5) is 8.35. The smallest absolute Gasteiger partial charge is 0.222 e. The van der Waals surface area contributed by atoms with Crippen molar-refractivity contribution < 1.29 is 4.79 Å². The van der Waals surface area contributed by atoms with Gasteiger partial charge < -0.3 is 0 Å². The van der Waals surface area contributed by atoms with Crippen molar-refractivity contribution in [1.82, 2.24) is 0 Å². The number of rotatable bonds is 0. The zero-order chi connectivity index (χ0) is 10.5. The number of hydrogen-bond acceptors (Lipinski definition) is 2. The van der Waals surface area contributed by atoms with Crippen LogP contribution in [0.4, 0.5) is 0 Å². The summed E-state index contributed by atoms with van der Waals surface area (Å²) in [6.07, 6.45) is 5.05. The Morgan fingerprint density at radius 2 is 1.54 bits per heavy atom. The van der Waals surface area contributed by atoms with Gasteiger partial charge in [-0.05, 0) is 36.5 Å². The first-order valence-electron chi connectivity index (χ1n) is 4.95. The third kappa shape index (κ3) is 5.59. The molecule has 1 aliphatic carbocycles. The molecular weight excluding hydrogens is 162 g/mol. The molecular formula is C11H21NO. The molecule has 0 aromatic carbocycles. The van der Waals surface area contributed by atoms with Gasteiger partial charge in [-0.2, -0.15) is 0 Å². The predicted molar refractivity (Wildman–Crippen MR) is 54.4 cm³/mol. The molecule has 1 rings (SSSR count). The van der Waals surface area contributed by atoms with Crippen molar-refractivity contribution in [3.63, 3.8) is 0 Å². The highest BCUT2D eigenvalue weighted by molar-refractivity contribution is 5.26. The molecule has 1 fully saturated rings. The van der Waals surface area contributed by atoms with E-state index in [2.05, 4.69) is 27.7 Å². The molecule has 2 unspecified atom stereocenters. The Morgan fingerprint density at radius 3 is 1.77 bits per heavy atom. The van der Waals surface area contributed by atoms with Crippen LogP contribution in [0, 0.1) is 22.7 Å². The van der Waals surface area contributed by atoms with Crippen molar-refractivity contribution in [3.05, 3.63) is 0 Å². The van der Waals surface area contributed by atoms with E-state index in [1.807, 2.05) is 0 Å². The van der Waals surface area contributed by atoms with Gasteiger partial charge in [-0.3, -0.25) is 0 Å². The van der Waals surface area contributed by atoms with Gasteiger partial charge >= 0.3 is 0 Å². The van der Waals surface area contributed by atoms with E-state index in [0.717, 1.165) is 17.9 Å². The Morgan fingerprint density at radius 1 is 1.23 bits per heavy atom. The van der Waals surface area contributed by atoms with Crippen LogP contribution in [0.25, 0.3) is 0 Å². The fourth-order valence-electron chi connectivity index (χ4n) is 2.82. The van der Waals surface area contributed by atoms with Gasteiger partial charge in [0.1, 0.15) is 0 Å². The summed E-state index contributed by atoms with van der Waals surface area (Å²) < 4.78 is 0. The Balaban J connectivity index is 0.000000424. The van der Waals surface area contributed by atoms with E-state index in [0.29, 0.717) is 5.41 Å². The maximum Gasteiger partial charge on any atom is 0.231 e. The topological polar surface area (TPSA) is 40.9 Å². The molecule has 1 saturated carbocycles. The largest absolute Gasteiger partial charge is 0.231 e. The van der Waals surface area contributed by atoms with Gasteiger partial charge in [0.15, 0.2) is 0 Å². The summed E-state index contributed by atoms with van der Waals surface area (Å²) in [5.41, 5.74) is 0.622. The van der Waals surface area contributed by atoms with E-state index in [1.54, 1.807) is 0 Å². The predicted octanol–water partition coefficient (Wildman–Crippen LogP) is 3.37. The molecule has 1 N–H and O–H groups in total. The van der Waals surface area contributed by atoms with Crippen molar-refractivity contribution >= 4 is 6.08 Å². The second-order valence-electron chi connectivity index (χ2n) is 5.12. The molecule has 0 spiro atoms. The summed E-state index contributed by atoms with van der Waals surface area (Å²) in [5.74, 6) is 1.91. The van der Waals surface area contributed by atoms with Gasteiger partial charge in [-0.25, -0.2) is 10.2 Å². The highest BCUT2D eigenvalue weighted by Gasteiger charge is 2.29. The van der Waals surface area contributed by atoms with Crippen LogP contribution in [0.15, 0.2) is 0 Å². The van der Waals surface area contributed by atoms with Crippen LogP contribution < -0.4 is 0 Å². The quantitative estimate of drug-likeness (QED) is 0.454. The zero-order valence-corrected chi connectivity index (χ0v) is 9.18. The first kappa shape index (κ1) is 12.4. The maximum absolute atomic E-state index is 8.35. The van der Waals surface area contributed by atoms with Crippen LogP contribution in [0.2, 0.25) is 0 Å². The Hall–Kier alpha value is -0.620. The fraction of sp³-hybridized carbons (Fsp3) is 0.909. The monoisotopic (exact) mass is 183 g/mol. The Bertz CT molecular complexity index is 169. The van der Waals surface area contributed by atoms with Crippen LogP contribution in [0.1, 0.15) is 47.0 Å². The third-order valence-corrected chi connectivity index (χ3v) is 2.61. The highest BCUT2D eigenvalue weighted by Crippen LogP contribution is 2.41. The van der Waals surface area contributed by atoms with Crippen LogP contribution in [0.5, 0.6) is 0 Å². The van der Waals surface area contributed by atoms with Crippen molar-refractivity contribution in [3.8, 4) is 0 Å². The van der Waals surface area contributed by atoms with Crippen LogP contribution >= 0.6 is 0 Å². The first-order valence-corrected chi connectivity index (χ1v) is 4.95. The number of hydrogen-bond donors (Lipinski definition) is 1. The molecule has 2 heteroatoms. The van der Waals surface area contributed by atoms with E-state index in [-0.39, 0.29) is 0 Å². The molecule has 0 amide bonds. The van der Waals surface area contributed by atoms with Gasteiger partial charge in [0, 0.05) is 0 Å². The summed E-state index contributed by atoms with van der Waals surface area (Å²) in [6.45, 7) is 9.58. The average molecular weight is 183 g/mol. The molecule has 2 atom stereocenters. The van der Waals surface area contributed by atoms with Gasteiger partial charge in [0.25, 0.3) is 0 Å². The highest BCUT2D eigenvalue weighted by atomic mass is 16.1. The number of carbonyl (C=O) groups excluding carboxylic acids is 1. The molecule has 76 valence electrons. The molecule has 0 aromatic rings. The van der Waals surface area contributed by atoms with Gasteiger partial charge in [0.2, 0.25) is 6.08 Å². The molecule has 1 aliphatic rings. The average Bonchev–Trinajstić information content (AvgIpc) is 1.81. The van der Waals surface area contributed by atoms with Crippen molar-refractivity contribution in [2.75, 3.05) is 0 Å². The molecule has 0 radical (unpaired) electrons. The number of nitrogens with one attached hydrogen (secondary N) is 1. The van der Waals surface area contributed by atoms with Gasteiger partial charge in [-0.1, -0.05) is 27.7 Å². The minimum atomic E-state index is 0.622. The van der Waals surface area contributed by atoms with Gasteiger partial charge in [0.05, 0.1) is 0 Å². The summed E-state index contributed by atoms with van der Waals surface area (Å²) in [7, 11) is 0. The lowest BCUT2D eigenvalue weighted by atomic mass is 9.69. The fourth-order valence-corrected chi connectivity index (χ4v) is 2.82. The normalized spacial score (nSPS) is 31.1. The second-order valence-corrected chi connectivity index (χ2v) is 5.12. The minimum absolute atomic E-state index is 0.622. The zero-order valence-electron chi connectivity index (χ0n) is 9.18. The van der Waals surface area contributed by atoms with E-state index in [1.165, 1.54) is 19.3 Å². The lowest BCUT2D eigenvalue weighted by Gasteiger charge is -2.37. The Kier molecular flexibility index (Phi) is 4.94. The van der Waals surface area contributed by atoms with E-state index >= 15 is 0 Å². The maximum atomic E-state index is 8.35. The van der Waals surface area contributed by atoms with Crippen LogP contribution in [-0.2, 0) is 4.79 Å². The molecule has 0 aliphatic heterocycles. The van der Waals surface area contributed by atoms with Gasteiger partial charge in [-0.15, -0.1) is 0 Å². The van der Waals surface area contributed by atoms with E-state index < -0.39 is 0 Å². The minimum Gasteiger partial charge on any atom is -0.222 e. The van der Waals surface area contributed by atoms with Crippen LogP contribution in [-0.4, -0.2) is 6.08 Å². The summed E-state index contributed by atoms with van der Waals surface area (Å²) in [5, 5.41) is 5.40. The van der Waals surface area contributed by atoms with Crippen LogP contribution in [0.3, 0.4) is 0 Å². The first-order chi connectivity index (χ1) is 5.91.